The van der Waals surface area contributed by atoms with E-state index in [4.69, 9.17) is 5.73 Å². The lowest BCUT2D eigenvalue weighted by Gasteiger charge is -2.26. The van der Waals surface area contributed by atoms with E-state index >= 15 is 0 Å². The number of nitrogens with one attached hydrogen (secondary N) is 2. The molecular formula is C17H22N4O2. The summed E-state index contributed by atoms with van der Waals surface area (Å²) in [7, 11) is 0. The lowest BCUT2D eigenvalue weighted by molar-refractivity contribution is 0.0920. The zero-order valence-electron chi connectivity index (χ0n) is 13.2. The minimum atomic E-state index is -0.246. The lowest BCUT2D eigenvalue weighted by Crippen LogP contribution is -2.40. The molecule has 23 heavy (non-hydrogen) atoms. The molecule has 0 bridgehead atoms. The average molecular weight is 314 g/mol. The Bertz CT molecular complexity index is 737. The van der Waals surface area contributed by atoms with Gasteiger partial charge in [0.25, 0.3) is 11.5 Å². The largest absolute Gasteiger partial charge is 0.348 e. The molecule has 6 heteroatoms. The van der Waals surface area contributed by atoms with Gasteiger partial charge in [-0.25, -0.2) is 4.68 Å². The van der Waals surface area contributed by atoms with Gasteiger partial charge in [-0.15, -0.1) is 0 Å². The first-order chi connectivity index (χ1) is 11.0. The Kier molecular flexibility index (Phi) is 4.34. The summed E-state index contributed by atoms with van der Waals surface area (Å²) in [5, 5.41) is 5.86. The highest BCUT2D eigenvalue weighted by molar-refractivity contribution is 5.92. The molecule has 4 N–H and O–H groups in total. The third-order valence-corrected chi connectivity index (χ3v) is 4.36. The van der Waals surface area contributed by atoms with Crippen LogP contribution in [-0.4, -0.2) is 27.8 Å². The van der Waals surface area contributed by atoms with Crippen molar-refractivity contribution in [2.75, 3.05) is 0 Å². The fourth-order valence-electron chi connectivity index (χ4n) is 2.92. The summed E-state index contributed by atoms with van der Waals surface area (Å²) in [5.74, 6) is -0.242. The number of aromatic amines is 1. The van der Waals surface area contributed by atoms with Crippen LogP contribution < -0.4 is 16.6 Å². The number of carbonyl (C=O) groups excluding carboxylic acids is 1. The monoisotopic (exact) mass is 314 g/mol. The van der Waals surface area contributed by atoms with Gasteiger partial charge in [-0.2, -0.15) is 0 Å². The highest BCUT2D eigenvalue weighted by Gasteiger charge is 2.21. The Morgan fingerprint density at radius 1 is 1.22 bits per heavy atom. The highest BCUT2D eigenvalue weighted by atomic mass is 16.2. The maximum Gasteiger partial charge on any atom is 0.271 e. The fourth-order valence-corrected chi connectivity index (χ4v) is 2.92. The first kappa shape index (κ1) is 15.6. The number of nitrogens with two attached hydrogens (primary N) is 1. The van der Waals surface area contributed by atoms with Crippen LogP contribution in [0.4, 0.5) is 0 Å². The van der Waals surface area contributed by atoms with E-state index in [0.29, 0.717) is 5.69 Å². The van der Waals surface area contributed by atoms with Crippen LogP contribution in [0.25, 0.3) is 5.69 Å². The molecule has 1 amide bonds. The third-order valence-electron chi connectivity index (χ3n) is 4.36. The van der Waals surface area contributed by atoms with Gasteiger partial charge < -0.3 is 11.1 Å². The summed E-state index contributed by atoms with van der Waals surface area (Å²) in [5.41, 5.74) is 7.73. The normalized spacial score (nSPS) is 21.1. The fraction of sp³-hybridized carbons (Fsp3) is 0.412. The zero-order chi connectivity index (χ0) is 16.4. The molecule has 0 unspecified atom stereocenters. The molecular weight excluding hydrogens is 292 g/mol. The van der Waals surface area contributed by atoms with E-state index in [1.54, 1.807) is 0 Å². The topological polar surface area (TPSA) is 92.9 Å². The van der Waals surface area contributed by atoms with Crippen molar-refractivity contribution in [3.05, 3.63) is 51.9 Å². The molecule has 1 aromatic heterocycles. The van der Waals surface area contributed by atoms with Crippen molar-refractivity contribution in [3.8, 4) is 5.69 Å². The maximum atomic E-state index is 12.3. The van der Waals surface area contributed by atoms with Gasteiger partial charge >= 0.3 is 0 Å². The number of amides is 1. The highest BCUT2D eigenvalue weighted by Crippen LogP contribution is 2.17. The van der Waals surface area contributed by atoms with Gasteiger partial charge in [-0.3, -0.25) is 14.7 Å². The van der Waals surface area contributed by atoms with Crippen molar-refractivity contribution < 1.29 is 4.79 Å². The van der Waals surface area contributed by atoms with Gasteiger partial charge in [0.1, 0.15) is 5.69 Å². The molecule has 1 heterocycles. The summed E-state index contributed by atoms with van der Waals surface area (Å²) in [4.78, 5) is 24.4. The number of aromatic nitrogens is 2. The van der Waals surface area contributed by atoms with E-state index in [0.717, 1.165) is 31.2 Å². The predicted octanol–water partition coefficient (Wildman–Crippen LogP) is 1.47. The van der Waals surface area contributed by atoms with E-state index in [1.165, 1.54) is 10.7 Å². The van der Waals surface area contributed by atoms with Gasteiger partial charge in [-0.1, -0.05) is 17.7 Å². The summed E-state index contributed by atoms with van der Waals surface area (Å²) in [6, 6.07) is 9.25. The number of H-pyrrole nitrogens is 1. The number of hydrogen-bond acceptors (Lipinski definition) is 3. The van der Waals surface area contributed by atoms with Crippen LogP contribution in [0.3, 0.4) is 0 Å². The van der Waals surface area contributed by atoms with Gasteiger partial charge in [-0.05, 0) is 44.7 Å². The molecule has 0 spiro atoms. The molecule has 1 saturated carbocycles. The minimum absolute atomic E-state index is 0.133. The molecule has 3 rings (SSSR count). The molecule has 0 radical (unpaired) electrons. The van der Waals surface area contributed by atoms with Crippen molar-refractivity contribution in [1.29, 1.82) is 0 Å². The van der Waals surface area contributed by atoms with Crippen LogP contribution in [-0.2, 0) is 0 Å². The van der Waals surface area contributed by atoms with Gasteiger partial charge in [0.15, 0.2) is 0 Å². The van der Waals surface area contributed by atoms with Crippen molar-refractivity contribution in [1.82, 2.24) is 15.1 Å². The molecule has 1 fully saturated rings. The number of carbonyl (C=O) groups is 1. The van der Waals surface area contributed by atoms with Crippen molar-refractivity contribution in [3.63, 3.8) is 0 Å². The van der Waals surface area contributed by atoms with Crippen LogP contribution in [0.15, 0.2) is 35.1 Å². The Balaban J connectivity index is 1.73. The Labute approximate surface area is 134 Å². The summed E-state index contributed by atoms with van der Waals surface area (Å²) >= 11 is 0. The van der Waals surface area contributed by atoms with E-state index < -0.39 is 0 Å². The van der Waals surface area contributed by atoms with Gasteiger partial charge in [0, 0.05) is 18.2 Å². The van der Waals surface area contributed by atoms with Crippen LogP contribution in [0.1, 0.15) is 41.7 Å². The summed E-state index contributed by atoms with van der Waals surface area (Å²) < 4.78 is 1.38. The van der Waals surface area contributed by atoms with Crippen molar-refractivity contribution >= 4 is 5.91 Å². The summed E-state index contributed by atoms with van der Waals surface area (Å²) in [6.45, 7) is 1.98. The standard InChI is InChI=1S/C17H22N4O2/c1-11-2-8-14(9-3-11)21-16(22)10-15(20-21)17(23)19-13-6-4-12(18)5-7-13/h2-3,8-10,12-13,20H,4-7,18H2,1H3,(H,19,23). The first-order valence-electron chi connectivity index (χ1n) is 7.98. The lowest BCUT2D eigenvalue weighted by atomic mass is 9.92. The quantitative estimate of drug-likeness (QED) is 0.801. The summed E-state index contributed by atoms with van der Waals surface area (Å²) in [6.07, 6.45) is 3.61. The van der Waals surface area contributed by atoms with E-state index in [1.807, 2.05) is 31.2 Å². The van der Waals surface area contributed by atoms with E-state index in [-0.39, 0.29) is 29.2 Å². The Morgan fingerprint density at radius 2 is 1.87 bits per heavy atom. The predicted molar refractivity (Wildman–Crippen MR) is 88.8 cm³/mol. The van der Waals surface area contributed by atoms with Crippen molar-refractivity contribution in [2.45, 2.75) is 44.7 Å². The number of nitrogens with zero attached hydrogens (tertiary/aromatic N) is 1. The Morgan fingerprint density at radius 3 is 2.52 bits per heavy atom. The molecule has 1 aromatic carbocycles. The minimum Gasteiger partial charge on any atom is -0.348 e. The molecule has 6 nitrogen and oxygen atoms in total. The van der Waals surface area contributed by atoms with Crippen LogP contribution >= 0.6 is 0 Å². The molecule has 0 aliphatic heterocycles. The van der Waals surface area contributed by atoms with E-state index in [9.17, 15) is 9.59 Å². The zero-order valence-corrected chi connectivity index (χ0v) is 13.2. The number of hydrogen-bond donors (Lipinski definition) is 3. The maximum absolute atomic E-state index is 12.3. The van der Waals surface area contributed by atoms with Crippen LogP contribution in [0.2, 0.25) is 0 Å². The average Bonchev–Trinajstić information content (AvgIpc) is 2.92. The molecule has 1 aliphatic carbocycles. The van der Waals surface area contributed by atoms with Gasteiger partial charge in [0.05, 0.1) is 5.69 Å². The Hall–Kier alpha value is -2.34. The molecule has 2 aromatic rings. The van der Waals surface area contributed by atoms with Crippen molar-refractivity contribution in [2.24, 2.45) is 5.73 Å². The van der Waals surface area contributed by atoms with E-state index in [2.05, 4.69) is 10.4 Å². The second kappa shape index (κ2) is 6.42. The third kappa shape index (κ3) is 3.53. The SMILES string of the molecule is Cc1ccc(-n2[nH]c(C(=O)NC3CCC(N)CC3)cc2=O)cc1. The second-order valence-electron chi connectivity index (χ2n) is 6.26. The van der Waals surface area contributed by atoms with Crippen LogP contribution in [0.5, 0.6) is 0 Å². The number of rotatable bonds is 3. The second-order valence-corrected chi connectivity index (χ2v) is 6.26. The molecule has 0 atom stereocenters. The smallest absolute Gasteiger partial charge is 0.271 e. The first-order valence-corrected chi connectivity index (χ1v) is 7.98. The molecule has 122 valence electrons. The van der Waals surface area contributed by atoms with Crippen LogP contribution in [0, 0.1) is 6.92 Å². The molecule has 1 aliphatic rings. The molecule has 0 saturated heterocycles. The van der Waals surface area contributed by atoms with Gasteiger partial charge in [0.2, 0.25) is 0 Å². The number of aryl methyl sites for hydroxylation is 1. The number of benzene rings is 1.